The molecular formula is C24H26N2O3. The molecule has 5 heteroatoms. The van der Waals surface area contributed by atoms with Crippen molar-refractivity contribution in [2.24, 2.45) is 0 Å². The van der Waals surface area contributed by atoms with E-state index in [1.165, 1.54) is 11.6 Å². The first-order valence-corrected chi connectivity index (χ1v) is 9.66. The lowest BCUT2D eigenvalue weighted by molar-refractivity contribution is -0.137. The molecule has 2 N–H and O–H groups in total. The fraction of sp³-hybridized carbons (Fsp3) is 0.250. The number of carbonyl (C=O) groups is 2. The second-order valence-electron chi connectivity index (χ2n) is 7.89. The number of rotatable bonds is 5. The number of nitrogens with one attached hydrogen (secondary N) is 2. The maximum absolute atomic E-state index is 12.6. The van der Waals surface area contributed by atoms with Crippen molar-refractivity contribution in [3.8, 4) is 0 Å². The Bertz CT molecular complexity index is 1050. The number of H-pyrrole nitrogens is 1. The van der Waals surface area contributed by atoms with E-state index in [4.69, 9.17) is 4.74 Å². The molecule has 0 atom stereocenters. The van der Waals surface area contributed by atoms with Gasteiger partial charge in [0.2, 0.25) is 0 Å². The highest BCUT2D eigenvalue weighted by Crippen LogP contribution is 2.24. The van der Waals surface area contributed by atoms with E-state index in [-0.39, 0.29) is 17.3 Å². The Hall–Kier alpha value is -3.34. The van der Waals surface area contributed by atoms with Gasteiger partial charge in [0.25, 0.3) is 5.91 Å². The minimum Gasteiger partial charge on any atom is -0.463 e. The van der Waals surface area contributed by atoms with Crippen LogP contribution in [-0.2, 0) is 14.9 Å². The summed E-state index contributed by atoms with van der Waals surface area (Å²) < 4.78 is 4.88. The molecule has 1 amide bonds. The summed E-state index contributed by atoms with van der Waals surface area (Å²) in [6.07, 6.45) is 3.06. The van der Waals surface area contributed by atoms with Gasteiger partial charge in [-0.05, 0) is 60.4 Å². The summed E-state index contributed by atoms with van der Waals surface area (Å²) in [6.45, 7) is 8.54. The van der Waals surface area contributed by atoms with E-state index >= 15 is 0 Å². The first-order valence-electron chi connectivity index (χ1n) is 9.66. The van der Waals surface area contributed by atoms with Crippen molar-refractivity contribution in [1.82, 2.24) is 4.98 Å². The van der Waals surface area contributed by atoms with Gasteiger partial charge in [-0.1, -0.05) is 32.9 Å². The fourth-order valence-electron chi connectivity index (χ4n) is 3.00. The first kappa shape index (κ1) is 20.4. The first-order chi connectivity index (χ1) is 13.8. The van der Waals surface area contributed by atoms with E-state index in [9.17, 15) is 9.59 Å². The van der Waals surface area contributed by atoms with E-state index in [0.29, 0.717) is 17.9 Å². The normalized spacial score (nSPS) is 11.7. The molecule has 29 heavy (non-hydrogen) atoms. The molecule has 0 saturated heterocycles. The Balaban J connectivity index is 1.73. The number of hydrogen-bond acceptors (Lipinski definition) is 3. The zero-order valence-electron chi connectivity index (χ0n) is 17.2. The lowest BCUT2D eigenvalue weighted by atomic mass is 9.87. The van der Waals surface area contributed by atoms with E-state index in [1.807, 2.05) is 48.5 Å². The molecule has 0 aliphatic heterocycles. The quantitative estimate of drug-likeness (QED) is 0.459. The predicted molar refractivity (Wildman–Crippen MR) is 117 cm³/mol. The van der Waals surface area contributed by atoms with Gasteiger partial charge in [-0.15, -0.1) is 0 Å². The van der Waals surface area contributed by atoms with Crippen LogP contribution in [0.2, 0.25) is 0 Å². The zero-order chi connectivity index (χ0) is 21.0. The molecule has 3 rings (SSSR count). The Morgan fingerprint density at radius 2 is 1.79 bits per heavy atom. The van der Waals surface area contributed by atoms with Gasteiger partial charge >= 0.3 is 5.97 Å². The van der Waals surface area contributed by atoms with Crippen LogP contribution in [0.1, 0.15) is 49.3 Å². The minimum atomic E-state index is -0.378. The third-order valence-corrected chi connectivity index (χ3v) is 4.60. The number of amides is 1. The standard InChI is InChI=1S/C24H26N2O3/c1-5-29-22(27)13-11-19-14-17-15-20(10-12-21(17)25-19)26-23(28)16-6-8-18(9-7-16)24(2,3)4/h6-15,25H,5H2,1-4H3,(H,26,28)/b13-11+. The lowest BCUT2D eigenvalue weighted by Crippen LogP contribution is -2.14. The van der Waals surface area contributed by atoms with E-state index in [2.05, 4.69) is 31.1 Å². The predicted octanol–water partition coefficient (Wildman–Crippen LogP) is 5.29. The number of aromatic amines is 1. The molecule has 0 bridgehead atoms. The highest BCUT2D eigenvalue weighted by Gasteiger charge is 2.14. The average molecular weight is 390 g/mol. The highest BCUT2D eigenvalue weighted by molar-refractivity contribution is 6.05. The largest absolute Gasteiger partial charge is 0.463 e. The smallest absolute Gasteiger partial charge is 0.330 e. The number of fused-ring (bicyclic) bond motifs is 1. The van der Waals surface area contributed by atoms with Crippen LogP contribution in [0.4, 0.5) is 5.69 Å². The second-order valence-corrected chi connectivity index (χ2v) is 7.89. The molecule has 5 nitrogen and oxygen atoms in total. The molecule has 0 spiro atoms. The number of hydrogen-bond donors (Lipinski definition) is 2. The summed E-state index contributed by atoms with van der Waals surface area (Å²) in [7, 11) is 0. The van der Waals surface area contributed by atoms with Crippen LogP contribution in [0.15, 0.2) is 54.6 Å². The Morgan fingerprint density at radius 1 is 1.07 bits per heavy atom. The molecule has 3 aromatic rings. The van der Waals surface area contributed by atoms with Gasteiger partial charge < -0.3 is 15.0 Å². The summed E-state index contributed by atoms with van der Waals surface area (Å²) in [6, 6.07) is 15.2. The average Bonchev–Trinajstić information content (AvgIpc) is 3.08. The third kappa shape index (κ3) is 5.13. The number of carbonyl (C=O) groups excluding carboxylic acids is 2. The van der Waals surface area contributed by atoms with Gasteiger partial charge in [-0.2, -0.15) is 0 Å². The van der Waals surface area contributed by atoms with Crippen molar-refractivity contribution in [2.75, 3.05) is 11.9 Å². The van der Waals surface area contributed by atoms with Crippen LogP contribution in [0.3, 0.4) is 0 Å². The summed E-state index contributed by atoms with van der Waals surface area (Å²) in [5.41, 5.74) is 4.27. The second kappa shape index (κ2) is 8.35. The van der Waals surface area contributed by atoms with Gasteiger partial charge in [-0.25, -0.2) is 4.79 Å². The molecule has 0 saturated carbocycles. The van der Waals surface area contributed by atoms with Gasteiger partial charge in [0.1, 0.15) is 0 Å². The van der Waals surface area contributed by atoms with Crippen LogP contribution in [-0.4, -0.2) is 23.5 Å². The fourth-order valence-corrected chi connectivity index (χ4v) is 3.00. The molecule has 1 heterocycles. The maximum Gasteiger partial charge on any atom is 0.330 e. The monoisotopic (exact) mass is 390 g/mol. The van der Waals surface area contributed by atoms with Crippen LogP contribution < -0.4 is 5.32 Å². The van der Waals surface area contributed by atoms with Crippen molar-refractivity contribution >= 4 is 34.5 Å². The molecule has 2 aromatic carbocycles. The van der Waals surface area contributed by atoms with Crippen LogP contribution in [0.5, 0.6) is 0 Å². The van der Waals surface area contributed by atoms with Gasteiger partial charge in [0.15, 0.2) is 0 Å². The van der Waals surface area contributed by atoms with Crippen molar-refractivity contribution in [2.45, 2.75) is 33.1 Å². The van der Waals surface area contributed by atoms with E-state index < -0.39 is 0 Å². The van der Waals surface area contributed by atoms with Gasteiger partial charge in [0.05, 0.1) is 6.61 Å². The molecule has 0 aliphatic rings. The number of aromatic nitrogens is 1. The van der Waals surface area contributed by atoms with Crippen LogP contribution in [0, 0.1) is 0 Å². The summed E-state index contributed by atoms with van der Waals surface area (Å²) in [5.74, 6) is -0.528. The maximum atomic E-state index is 12.6. The third-order valence-electron chi connectivity index (χ3n) is 4.60. The Morgan fingerprint density at radius 3 is 2.45 bits per heavy atom. The number of anilines is 1. The molecule has 0 aliphatic carbocycles. The van der Waals surface area contributed by atoms with Crippen molar-refractivity contribution in [1.29, 1.82) is 0 Å². The molecule has 0 fully saturated rings. The van der Waals surface area contributed by atoms with Crippen molar-refractivity contribution in [3.05, 3.63) is 71.4 Å². The Labute approximate surface area is 170 Å². The van der Waals surface area contributed by atoms with Crippen LogP contribution in [0.25, 0.3) is 17.0 Å². The molecule has 1 aromatic heterocycles. The van der Waals surface area contributed by atoms with E-state index in [1.54, 1.807) is 13.0 Å². The summed E-state index contributed by atoms with van der Waals surface area (Å²) in [4.78, 5) is 27.2. The SMILES string of the molecule is CCOC(=O)/C=C/c1cc2cc(NC(=O)c3ccc(C(C)(C)C)cc3)ccc2[nH]1. The number of benzene rings is 2. The summed E-state index contributed by atoms with van der Waals surface area (Å²) in [5, 5.41) is 3.88. The topological polar surface area (TPSA) is 71.2 Å². The minimum absolute atomic E-state index is 0.0494. The summed E-state index contributed by atoms with van der Waals surface area (Å²) >= 11 is 0. The van der Waals surface area contributed by atoms with Crippen LogP contribution >= 0.6 is 0 Å². The molecule has 0 unspecified atom stereocenters. The number of esters is 1. The lowest BCUT2D eigenvalue weighted by Gasteiger charge is -2.19. The molecular weight excluding hydrogens is 364 g/mol. The van der Waals surface area contributed by atoms with Crippen molar-refractivity contribution in [3.63, 3.8) is 0 Å². The number of ether oxygens (including phenoxy) is 1. The molecule has 0 radical (unpaired) electrons. The molecule has 150 valence electrons. The van der Waals surface area contributed by atoms with Gasteiger partial charge in [0, 0.05) is 33.9 Å². The zero-order valence-corrected chi connectivity index (χ0v) is 17.2. The van der Waals surface area contributed by atoms with E-state index in [0.717, 1.165) is 16.6 Å². The highest BCUT2D eigenvalue weighted by atomic mass is 16.5. The van der Waals surface area contributed by atoms with Gasteiger partial charge in [-0.3, -0.25) is 4.79 Å². The Kier molecular flexibility index (Phi) is 5.87. The van der Waals surface area contributed by atoms with Crippen molar-refractivity contribution < 1.29 is 14.3 Å².